The van der Waals surface area contributed by atoms with Crippen molar-refractivity contribution in [2.75, 3.05) is 39.8 Å². The Bertz CT molecular complexity index is 258. The number of nitrogens with zero attached hydrogens (tertiary/aromatic N) is 2. The van der Waals surface area contributed by atoms with Crippen LogP contribution in [-0.4, -0.2) is 61.7 Å². The highest BCUT2D eigenvalue weighted by atomic mass is 15.3. The van der Waals surface area contributed by atoms with Gasteiger partial charge in [0.1, 0.15) is 0 Å². The number of nitrogens with one attached hydrogen (secondary N) is 1. The Kier molecular flexibility index (Phi) is 4.22. The standard InChI is InChI=1S/C15H29N3/c1-16-15(13-5-6-13)12-17-10-7-14(11-17)18-8-3-2-4-9-18/h13-16H,2-12H2,1H3. The van der Waals surface area contributed by atoms with Gasteiger partial charge >= 0.3 is 0 Å². The van der Waals surface area contributed by atoms with Crippen LogP contribution in [-0.2, 0) is 0 Å². The van der Waals surface area contributed by atoms with Gasteiger partial charge < -0.3 is 10.2 Å². The molecule has 2 saturated heterocycles. The largest absolute Gasteiger partial charge is 0.315 e. The molecule has 0 amide bonds. The van der Waals surface area contributed by atoms with Crippen molar-refractivity contribution in [1.82, 2.24) is 15.1 Å². The summed E-state index contributed by atoms with van der Waals surface area (Å²) in [5.74, 6) is 0.976. The van der Waals surface area contributed by atoms with Gasteiger partial charge in [0.25, 0.3) is 0 Å². The topological polar surface area (TPSA) is 18.5 Å². The van der Waals surface area contributed by atoms with E-state index in [-0.39, 0.29) is 0 Å². The first-order valence-electron chi connectivity index (χ1n) is 8.00. The number of likely N-dealkylation sites (tertiary alicyclic amines) is 2. The number of likely N-dealkylation sites (N-methyl/N-ethyl adjacent to an activating group) is 1. The van der Waals surface area contributed by atoms with Gasteiger partial charge in [-0.1, -0.05) is 6.42 Å². The number of hydrogen-bond donors (Lipinski definition) is 1. The summed E-state index contributed by atoms with van der Waals surface area (Å²) in [6.45, 7) is 6.65. The summed E-state index contributed by atoms with van der Waals surface area (Å²) < 4.78 is 0. The number of rotatable bonds is 5. The van der Waals surface area contributed by atoms with Gasteiger partial charge in [0.2, 0.25) is 0 Å². The Morgan fingerprint density at radius 2 is 1.83 bits per heavy atom. The molecule has 0 aromatic rings. The maximum absolute atomic E-state index is 3.53. The van der Waals surface area contributed by atoms with Gasteiger partial charge in [0, 0.05) is 25.2 Å². The molecule has 0 bridgehead atoms. The van der Waals surface area contributed by atoms with Crippen LogP contribution in [0.25, 0.3) is 0 Å². The highest BCUT2D eigenvalue weighted by Gasteiger charge is 2.34. The van der Waals surface area contributed by atoms with E-state index >= 15 is 0 Å². The summed E-state index contributed by atoms with van der Waals surface area (Å²) in [7, 11) is 2.14. The number of piperidine rings is 1. The average Bonchev–Trinajstić information content (AvgIpc) is 3.16. The molecule has 0 aromatic carbocycles. The van der Waals surface area contributed by atoms with Crippen molar-refractivity contribution >= 4 is 0 Å². The quantitative estimate of drug-likeness (QED) is 0.800. The number of hydrogen-bond acceptors (Lipinski definition) is 3. The van der Waals surface area contributed by atoms with Gasteiger partial charge in [0.05, 0.1) is 0 Å². The lowest BCUT2D eigenvalue weighted by Crippen LogP contribution is -2.43. The molecule has 3 rings (SSSR count). The van der Waals surface area contributed by atoms with E-state index in [0.29, 0.717) is 0 Å². The molecular formula is C15H29N3. The van der Waals surface area contributed by atoms with E-state index < -0.39 is 0 Å². The molecule has 2 unspecified atom stereocenters. The molecule has 1 N–H and O–H groups in total. The van der Waals surface area contributed by atoms with Crippen molar-refractivity contribution in [3.05, 3.63) is 0 Å². The van der Waals surface area contributed by atoms with Crippen LogP contribution in [0.5, 0.6) is 0 Å². The van der Waals surface area contributed by atoms with Crippen LogP contribution in [0.1, 0.15) is 38.5 Å². The van der Waals surface area contributed by atoms with Gasteiger partial charge in [-0.2, -0.15) is 0 Å². The van der Waals surface area contributed by atoms with Crippen molar-refractivity contribution in [3.8, 4) is 0 Å². The fraction of sp³-hybridized carbons (Fsp3) is 1.00. The van der Waals surface area contributed by atoms with Crippen LogP contribution in [0.4, 0.5) is 0 Å². The van der Waals surface area contributed by atoms with Crippen molar-refractivity contribution < 1.29 is 0 Å². The van der Waals surface area contributed by atoms with E-state index in [2.05, 4.69) is 22.2 Å². The molecule has 3 fully saturated rings. The second-order valence-electron chi connectivity index (χ2n) is 6.53. The lowest BCUT2D eigenvalue weighted by Gasteiger charge is -2.32. The van der Waals surface area contributed by atoms with Gasteiger partial charge in [-0.05, 0) is 64.7 Å². The Morgan fingerprint density at radius 3 is 2.50 bits per heavy atom. The van der Waals surface area contributed by atoms with E-state index in [4.69, 9.17) is 0 Å². The molecule has 1 saturated carbocycles. The van der Waals surface area contributed by atoms with E-state index in [1.54, 1.807) is 0 Å². The van der Waals surface area contributed by atoms with Crippen LogP contribution in [0.2, 0.25) is 0 Å². The van der Waals surface area contributed by atoms with Crippen molar-refractivity contribution in [2.45, 2.75) is 50.6 Å². The summed E-state index contributed by atoms with van der Waals surface area (Å²) in [6, 6.07) is 1.62. The zero-order chi connectivity index (χ0) is 12.4. The third-order valence-electron chi connectivity index (χ3n) is 5.17. The molecule has 18 heavy (non-hydrogen) atoms. The normalized spacial score (nSPS) is 32.8. The molecule has 0 aromatic heterocycles. The molecule has 2 heterocycles. The molecule has 3 heteroatoms. The summed E-state index contributed by atoms with van der Waals surface area (Å²) in [5, 5.41) is 3.53. The first kappa shape index (κ1) is 12.9. The molecule has 1 aliphatic carbocycles. The van der Waals surface area contributed by atoms with E-state index in [1.807, 2.05) is 0 Å². The molecule has 0 radical (unpaired) electrons. The van der Waals surface area contributed by atoms with Crippen LogP contribution in [0.3, 0.4) is 0 Å². The average molecular weight is 251 g/mol. The summed E-state index contributed by atoms with van der Waals surface area (Å²) in [4.78, 5) is 5.47. The van der Waals surface area contributed by atoms with Crippen LogP contribution in [0.15, 0.2) is 0 Å². The lowest BCUT2D eigenvalue weighted by molar-refractivity contribution is 0.159. The van der Waals surface area contributed by atoms with Crippen molar-refractivity contribution in [1.29, 1.82) is 0 Å². The van der Waals surface area contributed by atoms with Crippen LogP contribution < -0.4 is 5.32 Å². The summed E-state index contributed by atoms with van der Waals surface area (Å²) in [6.07, 6.45) is 8.62. The Morgan fingerprint density at radius 1 is 1.06 bits per heavy atom. The molecule has 2 atom stereocenters. The summed E-state index contributed by atoms with van der Waals surface area (Å²) in [5.41, 5.74) is 0. The van der Waals surface area contributed by atoms with Crippen molar-refractivity contribution in [2.24, 2.45) is 5.92 Å². The van der Waals surface area contributed by atoms with E-state index in [1.165, 1.54) is 71.2 Å². The highest BCUT2D eigenvalue weighted by molar-refractivity contribution is 4.91. The molecular weight excluding hydrogens is 222 g/mol. The lowest BCUT2D eigenvalue weighted by atomic mass is 10.1. The Balaban J connectivity index is 1.45. The van der Waals surface area contributed by atoms with Crippen molar-refractivity contribution in [3.63, 3.8) is 0 Å². The fourth-order valence-corrected chi connectivity index (χ4v) is 3.81. The SMILES string of the molecule is CNC(CN1CCC(N2CCCCC2)C1)C1CC1. The van der Waals surface area contributed by atoms with E-state index in [0.717, 1.165) is 18.0 Å². The van der Waals surface area contributed by atoms with Gasteiger partial charge in [-0.3, -0.25) is 4.90 Å². The molecule has 3 aliphatic rings. The second kappa shape index (κ2) is 5.89. The minimum atomic E-state index is 0.755. The highest BCUT2D eigenvalue weighted by Crippen LogP contribution is 2.33. The summed E-state index contributed by atoms with van der Waals surface area (Å²) >= 11 is 0. The monoisotopic (exact) mass is 251 g/mol. The van der Waals surface area contributed by atoms with Crippen LogP contribution in [0, 0.1) is 5.92 Å². The first-order valence-corrected chi connectivity index (χ1v) is 8.00. The van der Waals surface area contributed by atoms with Gasteiger partial charge in [-0.15, -0.1) is 0 Å². The zero-order valence-corrected chi connectivity index (χ0v) is 11.9. The predicted molar refractivity (Wildman–Crippen MR) is 75.8 cm³/mol. The molecule has 0 spiro atoms. The third kappa shape index (κ3) is 3.06. The Labute approximate surface area is 112 Å². The minimum absolute atomic E-state index is 0.755. The second-order valence-corrected chi connectivity index (χ2v) is 6.53. The maximum Gasteiger partial charge on any atom is 0.0235 e. The zero-order valence-electron chi connectivity index (χ0n) is 11.9. The predicted octanol–water partition coefficient (Wildman–Crippen LogP) is 1.54. The molecule has 3 nitrogen and oxygen atoms in total. The minimum Gasteiger partial charge on any atom is -0.315 e. The smallest absolute Gasteiger partial charge is 0.0235 e. The van der Waals surface area contributed by atoms with Crippen LogP contribution >= 0.6 is 0 Å². The fourth-order valence-electron chi connectivity index (χ4n) is 3.81. The van der Waals surface area contributed by atoms with E-state index in [9.17, 15) is 0 Å². The third-order valence-corrected chi connectivity index (χ3v) is 5.17. The van der Waals surface area contributed by atoms with Gasteiger partial charge in [-0.25, -0.2) is 0 Å². The van der Waals surface area contributed by atoms with Gasteiger partial charge in [0.15, 0.2) is 0 Å². The molecule has 104 valence electrons. The Hall–Kier alpha value is -0.120. The first-order chi connectivity index (χ1) is 8.86. The molecule has 2 aliphatic heterocycles. The maximum atomic E-state index is 3.53.